The molecule has 10 aromatic carbocycles. The number of fused-ring (bicyclic) bond motifs is 9. The van der Waals surface area contributed by atoms with Crippen molar-refractivity contribution in [3.8, 4) is 44.8 Å². The van der Waals surface area contributed by atoms with E-state index in [1.54, 1.807) is 0 Å². The van der Waals surface area contributed by atoms with Crippen molar-refractivity contribution >= 4 is 137 Å². The molecular weight excluding hydrogens is 836 g/mol. The van der Waals surface area contributed by atoms with Crippen molar-refractivity contribution in [2.75, 3.05) is 0 Å². The summed E-state index contributed by atoms with van der Waals surface area (Å²) in [5.41, 5.74) is 16.6. The van der Waals surface area contributed by atoms with Crippen molar-refractivity contribution in [1.82, 2.24) is 9.13 Å². The first kappa shape index (κ1) is 42.4. The van der Waals surface area contributed by atoms with Gasteiger partial charge in [-0.3, -0.25) is 0 Å². The molecule has 0 amide bonds. The van der Waals surface area contributed by atoms with E-state index < -0.39 is 5.41 Å². The van der Waals surface area contributed by atoms with Crippen LogP contribution in [0.4, 0.5) is 0 Å². The van der Waals surface area contributed by atoms with E-state index in [-0.39, 0.29) is 21.9 Å². The van der Waals surface area contributed by atoms with Crippen LogP contribution in [0, 0.1) is 0 Å². The average Bonchev–Trinajstić information content (AvgIpc) is 4.05. The van der Waals surface area contributed by atoms with Gasteiger partial charge < -0.3 is 9.13 Å². The molecule has 0 bridgehead atoms. The van der Waals surface area contributed by atoms with E-state index in [4.69, 9.17) is 54.9 Å². The van der Waals surface area contributed by atoms with Gasteiger partial charge in [-0.15, -0.1) is 10.9 Å². The third kappa shape index (κ3) is 5.84. The Hall–Kier alpha value is -7.75. The number of aromatic nitrogens is 2. The molecule has 13 rings (SSSR count). The van der Waals surface area contributed by atoms with Gasteiger partial charge in [0.2, 0.25) is 0 Å². The number of nitrogens with zero attached hydrogens (tertiary/aromatic N) is 2. The molecule has 0 saturated carbocycles. The third-order valence-corrected chi connectivity index (χ3v) is 14.8. The summed E-state index contributed by atoms with van der Waals surface area (Å²) in [6, 6.07) is 70.2. The van der Waals surface area contributed by atoms with Crippen molar-refractivity contribution in [2.45, 2.75) is 5.41 Å². The number of para-hydroxylation sites is 1. The summed E-state index contributed by atoms with van der Waals surface area (Å²) in [5, 5.41) is 3.22. The summed E-state index contributed by atoms with van der Waals surface area (Å²) in [4.78, 5) is 0. The smallest absolute Gasteiger partial charge is 0.115 e. The second kappa shape index (κ2) is 15.9. The van der Waals surface area contributed by atoms with Crippen LogP contribution in [-0.4, -0.2) is 64.1 Å². The van der Waals surface area contributed by atoms with Gasteiger partial charge in [0.1, 0.15) is 54.9 Å². The van der Waals surface area contributed by atoms with Crippen LogP contribution in [0.15, 0.2) is 200 Å². The average molecular weight is 870 g/mol. The van der Waals surface area contributed by atoms with Crippen LogP contribution in [0.25, 0.3) is 88.4 Å². The summed E-state index contributed by atoms with van der Waals surface area (Å²) in [6.07, 6.45) is 0. The van der Waals surface area contributed by atoms with E-state index in [0.29, 0.717) is 43.8 Å². The molecule has 2 aromatic heterocycles. The van der Waals surface area contributed by atoms with Gasteiger partial charge in [-0.05, 0) is 103 Å². The first-order chi connectivity index (χ1) is 34.2. The lowest BCUT2D eigenvalue weighted by atomic mass is 9.64. The van der Waals surface area contributed by atoms with Crippen LogP contribution in [0.5, 0.6) is 0 Å². The lowest BCUT2D eigenvalue weighted by molar-refractivity contribution is 0.767. The molecule has 308 valence electrons. The Morgan fingerprint density at radius 1 is 0.314 bits per heavy atom. The Bertz CT molecular complexity index is 4090. The minimum Gasteiger partial charge on any atom is -0.311 e. The summed E-state index contributed by atoms with van der Waals surface area (Å²) in [7, 11) is 49.9. The van der Waals surface area contributed by atoms with Gasteiger partial charge in [0.15, 0.2) is 0 Å². The predicted molar refractivity (Wildman–Crippen MR) is 301 cm³/mol. The standard InChI is InChI=1S/C61H33B7N2/c62-52-49(36-26-30-47-44(31-36)43-28-25-35(34-15-5-1-6-16-34)32-48(43)69(47)39-21-11-4-12-22-39)53(63)57(67)59-50(52)51-54(64)55(65)56(66)58(68)60(51)70(59)40-27-29-42-41-23-13-14-24-45(41)61(46(42)33-40,37-17-7-2-8-18-37)38-19-9-3-10-20-38/h1-33H. The van der Waals surface area contributed by atoms with Gasteiger partial charge in [0, 0.05) is 38.6 Å². The largest absolute Gasteiger partial charge is 0.311 e. The molecule has 2 heterocycles. The molecule has 1 aliphatic carbocycles. The lowest BCUT2D eigenvalue weighted by Gasteiger charge is -2.34. The number of hydrogen-bond donors (Lipinski definition) is 0. The molecule has 0 fully saturated rings. The van der Waals surface area contributed by atoms with Crippen molar-refractivity contribution in [2.24, 2.45) is 0 Å². The van der Waals surface area contributed by atoms with Gasteiger partial charge in [0.05, 0.1) is 16.4 Å². The highest BCUT2D eigenvalue weighted by molar-refractivity contribution is 6.69. The first-order valence-electron chi connectivity index (χ1n) is 23.3. The Labute approximate surface area is 416 Å². The zero-order chi connectivity index (χ0) is 47.6. The molecule has 12 aromatic rings. The van der Waals surface area contributed by atoms with Crippen molar-refractivity contribution in [3.05, 3.63) is 222 Å². The molecule has 0 spiro atoms. The van der Waals surface area contributed by atoms with E-state index >= 15 is 0 Å². The normalized spacial score (nSPS) is 12.8. The van der Waals surface area contributed by atoms with Crippen LogP contribution >= 0.6 is 0 Å². The molecule has 2 nitrogen and oxygen atoms in total. The number of benzene rings is 10. The zero-order valence-electron chi connectivity index (χ0n) is 38.0. The van der Waals surface area contributed by atoms with E-state index in [1.165, 1.54) is 5.56 Å². The number of hydrogen-bond acceptors (Lipinski definition) is 0. The van der Waals surface area contributed by atoms with Gasteiger partial charge in [-0.25, -0.2) is 0 Å². The van der Waals surface area contributed by atoms with Gasteiger partial charge in [0.25, 0.3) is 0 Å². The monoisotopic (exact) mass is 870 g/mol. The molecule has 70 heavy (non-hydrogen) atoms. The van der Waals surface area contributed by atoms with Crippen molar-refractivity contribution < 1.29 is 0 Å². The van der Waals surface area contributed by atoms with Crippen LogP contribution in [0.1, 0.15) is 22.3 Å². The van der Waals surface area contributed by atoms with E-state index in [1.807, 2.05) is 16.7 Å². The Morgan fingerprint density at radius 3 is 1.56 bits per heavy atom. The summed E-state index contributed by atoms with van der Waals surface area (Å²) >= 11 is 0. The molecule has 0 unspecified atom stereocenters. The van der Waals surface area contributed by atoms with Gasteiger partial charge in [-0.1, -0.05) is 185 Å². The molecular formula is C61H33B7N2. The second-order valence-electron chi connectivity index (χ2n) is 18.3. The zero-order valence-corrected chi connectivity index (χ0v) is 38.0. The molecule has 0 saturated heterocycles. The van der Waals surface area contributed by atoms with E-state index in [0.717, 1.165) is 77.7 Å². The second-order valence-corrected chi connectivity index (χ2v) is 18.3. The molecule has 0 aliphatic heterocycles. The number of rotatable bonds is 6. The van der Waals surface area contributed by atoms with E-state index in [2.05, 4.69) is 193 Å². The van der Waals surface area contributed by atoms with E-state index in [9.17, 15) is 0 Å². The molecule has 9 heteroatoms. The topological polar surface area (TPSA) is 9.86 Å². The SMILES string of the molecule is [B]c1c([B])c([B])c2c(c1[B])c1c([B])c(-c3ccc4c(c3)c3ccc(-c5ccccc5)cc3n4-c3ccccc3)c([B])c([B])c1n2-c1ccc2c(c1)C(c1ccccc1)(c1ccccc1)c1ccccc1-2. The van der Waals surface area contributed by atoms with Crippen molar-refractivity contribution in [1.29, 1.82) is 0 Å². The molecule has 0 atom stereocenters. The predicted octanol–water partition coefficient (Wildman–Crippen LogP) is 7.13. The quantitative estimate of drug-likeness (QED) is 0.158. The Kier molecular flexibility index (Phi) is 9.62. The fraction of sp³-hybridized carbons (Fsp3) is 0.0164. The summed E-state index contributed by atoms with van der Waals surface area (Å²) in [5.74, 6) is 0. The van der Waals surface area contributed by atoms with Gasteiger partial charge >= 0.3 is 0 Å². The van der Waals surface area contributed by atoms with Gasteiger partial charge in [-0.2, -0.15) is 0 Å². The van der Waals surface area contributed by atoms with Crippen LogP contribution in [0.3, 0.4) is 0 Å². The molecule has 0 N–H and O–H groups in total. The minimum atomic E-state index is -0.681. The van der Waals surface area contributed by atoms with Crippen LogP contribution < -0.4 is 38.2 Å². The Balaban J connectivity index is 1.09. The summed E-state index contributed by atoms with van der Waals surface area (Å²) in [6.45, 7) is 0. The Morgan fingerprint density at radius 2 is 0.871 bits per heavy atom. The highest BCUT2D eigenvalue weighted by Crippen LogP contribution is 2.56. The van der Waals surface area contributed by atoms with Crippen LogP contribution in [0.2, 0.25) is 0 Å². The fourth-order valence-corrected chi connectivity index (χ4v) is 11.7. The molecule has 1 aliphatic rings. The maximum Gasteiger partial charge on any atom is 0.115 e. The maximum absolute atomic E-state index is 7.54. The highest BCUT2D eigenvalue weighted by Gasteiger charge is 2.46. The van der Waals surface area contributed by atoms with Crippen molar-refractivity contribution in [3.63, 3.8) is 0 Å². The minimum absolute atomic E-state index is 0.169. The maximum atomic E-state index is 7.54. The lowest BCUT2D eigenvalue weighted by Crippen LogP contribution is -2.48. The fourth-order valence-electron chi connectivity index (χ4n) is 11.7. The summed E-state index contributed by atoms with van der Waals surface area (Å²) < 4.78 is 4.32. The first-order valence-corrected chi connectivity index (χ1v) is 23.3. The van der Waals surface area contributed by atoms with Crippen LogP contribution in [-0.2, 0) is 5.41 Å². The molecule has 14 radical (unpaired) electrons. The highest BCUT2D eigenvalue weighted by atomic mass is 15.0. The third-order valence-electron chi connectivity index (χ3n) is 14.8.